The fourth-order valence-electron chi connectivity index (χ4n) is 3.12. The van der Waals surface area contributed by atoms with Crippen LogP contribution in [0.2, 0.25) is 0 Å². The Morgan fingerprint density at radius 3 is 2.28 bits per heavy atom. The van der Waals surface area contributed by atoms with Crippen molar-refractivity contribution in [1.82, 2.24) is 14.9 Å². The normalized spacial score (nSPS) is 15.3. The van der Waals surface area contributed by atoms with E-state index in [1.54, 1.807) is 24.5 Å². The van der Waals surface area contributed by atoms with Gasteiger partial charge in [-0.05, 0) is 36.5 Å². The quantitative estimate of drug-likeness (QED) is 0.691. The van der Waals surface area contributed by atoms with Crippen LogP contribution in [-0.4, -0.2) is 71.6 Å². The summed E-state index contributed by atoms with van der Waals surface area (Å²) in [5.41, 5.74) is 1.48. The number of piperidine rings is 1. The van der Waals surface area contributed by atoms with E-state index in [4.69, 9.17) is 14.9 Å². The van der Waals surface area contributed by atoms with Crippen molar-refractivity contribution in [2.45, 2.75) is 17.7 Å². The second-order valence-electron chi connectivity index (χ2n) is 6.85. The van der Waals surface area contributed by atoms with Gasteiger partial charge in [0.2, 0.25) is 0 Å². The maximum Gasteiger partial charge on any atom is 0.407 e. The summed E-state index contributed by atoms with van der Waals surface area (Å²) in [5.74, 6) is -0.0427. The number of carboxylic acid groups (broad SMARTS) is 1. The van der Waals surface area contributed by atoms with Crippen LogP contribution in [0.15, 0.2) is 41.6 Å². The number of hydrogen-bond acceptors (Lipinski definition) is 7. The van der Waals surface area contributed by atoms with E-state index in [-0.39, 0.29) is 22.6 Å². The van der Waals surface area contributed by atoms with Crippen molar-refractivity contribution in [3.05, 3.63) is 36.7 Å². The Balaban J connectivity index is 1.56. The van der Waals surface area contributed by atoms with Crippen LogP contribution in [0.4, 0.5) is 4.79 Å². The van der Waals surface area contributed by atoms with Crippen LogP contribution in [0, 0.1) is 5.92 Å². The smallest absolute Gasteiger partial charge is 0.407 e. The van der Waals surface area contributed by atoms with Crippen LogP contribution < -0.4 is 4.74 Å². The Morgan fingerprint density at radius 1 is 1.10 bits per heavy atom. The molecule has 9 nitrogen and oxygen atoms in total. The molecule has 0 bridgehead atoms. The fraction of sp³-hybridized carbons (Fsp3) is 0.421. The third kappa shape index (κ3) is 5.42. The zero-order valence-electron chi connectivity index (χ0n) is 15.8. The molecule has 1 fully saturated rings. The summed E-state index contributed by atoms with van der Waals surface area (Å²) in [5, 5.41) is 17.8. The summed E-state index contributed by atoms with van der Waals surface area (Å²) in [6, 6.07) is 6.57. The number of carbonyl (C=O) groups is 1. The van der Waals surface area contributed by atoms with Crippen LogP contribution in [0.5, 0.6) is 6.01 Å². The van der Waals surface area contributed by atoms with Gasteiger partial charge in [0, 0.05) is 31.0 Å². The zero-order chi connectivity index (χ0) is 20.9. The molecule has 2 aromatic rings. The highest BCUT2D eigenvalue weighted by molar-refractivity contribution is 7.91. The van der Waals surface area contributed by atoms with Crippen molar-refractivity contribution in [3.8, 4) is 17.1 Å². The minimum Gasteiger partial charge on any atom is -0.465 e. The molecule has 0 saturated carbocycles. The number of ether oxygens (including phenoxy) is 1. The van der Waals surface area contributed by atoms with Crippen LogP contribution in [0.3, 0.4) is 0 Å². The van der Waals surface area contributed by atoms with E-state index in [2.05, 4.69) is 9.97 Å². The second kappa shape index (κ2) is 9.19. The minimum atomic E-state index is -3.48. The van der Waals surface area contributed by atoms with Crippen molar-refractivity contribution in [3.63, 3.8) is 0 Å². The maximum atomic E-state index is 11.9. The number of nitrogens with zero attached hydrogens (tertiary/aromatic N) is 3. The Hall–Kier alpha value is -2.72. The van der Waals surface area contributed by atoms with Gasteiger partial charge >= 0.3 is 12.1 Å². The first-order valence-corrected chi connectivity index (χ1v) is 10.9. The van der Waals surface area contributed by atoms with Crippen molar-refractivity contribution in [2.24, 2.45) is 5.92 Å². The standard InChI is InChI=1S/C19H23N3O6S/c23-9-10-29(26,27)17-3-1-15(2-4-17)16-11-20-18(21-12-16)28-13-14-5-7-22(8-6-14)19(24)25/h1-4,11-12,14,23H,5-10,13H2,(H,24,25). The first kappa shape index (κ1) is 21.0. The number of likely N-dealkylation sites (tertiary alicyclic amines) is 1. The molecular weight excluding hydrogens is 398 g/mol. The predicted octanol–water partition coefficient (Wildman–Crippen LogP) is 1.68. The largest absolute Gasteiger partial charge is 0.465 e. The number of aromatic nitrogens is 2. The molecule has 0 radical (unpaired) electrons. The number of benzene rings is 1. The van der Waals surface area contributed by atoms with Crippen molar-refractivity contribution in [2.75, 3.05) is 32.1 Å². The van der Waals surface area contributed by atoms with E-state index in [0.717, 1.165) is 24.0 Å². The molecule has 2 heterocycles. The third-order valence-electron chi connectivity index (χ3n) is 4.87. The molecule has 0 unspecified atom stereocenters. The molecule has 1 aromatic carbocycles. The van der Waals surface area contributed by atoms with Gasteiger partial charge in [-0.1, -0.05) is 12.1 Å². The number of aliphatic hydroxyl groups is 1. The molecule has 0 spiro atoms. The summed E-state index contributed by atoms with van der Waals surface area (Å²) >= 11 is 0. The van der Waals surface area contributed by atoms with Gasteiger partial charge in [-0.2, -0.15) is 0 Å². The van der Waals surface area contributed by atoms with Crippen molar-refractivity contribution < 1.29 is 28.2 Å². The Kier molecular flexibility index (Phi) is 6.65. The average Bonchev–Trinajstić information content (AvgIpc) is 2.73. The highest BCUT2D eigenvalue weighted by Crippen LogP contribution is 2.22. The Morgan fingerprint density at radius 2 is 1.72 bits per heavy atom. The van der Waals surface area contributed by atoms with Gasteiger partial charge < -0.3 is 19.8 Å². The molecule has 0 atom stereocenters. The molecule has 1 aliphatic rings. The molecule has 1 aromatic heterocycles. The number of rotatable bonds is 7. The molecule has 1 amide bonds. The van der Waals surface area contributed by atoms with Gasteiger partial charge in [0.05, 0.1) is 23.9 Å². The average molecular weight is 421 g/mol. The summed E-state index contributed by atoms with van der Waals surface area (Å²) in [6.07, 6.45) is 3.81. The lowest BCUT2D eigenvalue weighted by atomic mass is 9.98. The van der Waals surface area contributed by atoms with Crippen LogP contribution in [-0.2, 0) is 9.84 Å². The van der Waals surface area contributed by atoms with E-state index in [0.29, 0.717) is 19.7 Å². The van der Waals surface area contributed by atoms with Crippen LogP contribution in [0.25, 0.3) is 11.1 Å². The highest BCUT2D eigenvalue weighted by atomic mass is 32.2. The van der Waals surface area contributed by atoms with Gasteiger partial charge in [-0.15, -0.1) is 0 Å². The van der Waals surface area contributed by atoms with Crippen molar-refractivity contribution >= 4 is 15.9 Å². The van der Waals surface area contributed by atoms with Gasteiger partial charge in [0.25, 0.3) is 0 Å². The van der Waals surface area contributed by atoms with Gasteiger partial charge in [-0.25, -0.2) is 23.2 Å². The molecule has 2 N–H and O–H groups in total. The lowest BCUT2D eigenvalue weighted by Crippen LogP contribution is -2.38. The zero-order valence-corrected chi connectivity index (χ0v) is 16.6. The number of aliphatic hydroxyl groups excluding tert-OH is 1. The van der Waals surface area contributed by atoms with Crippen molar-refractivity contribution in [1.29, 1.82) is 0 Å². The summed E-state index contributed by atoms with van der Waals surface area (Å²) in [4.78, 5) is 20.9. The lowest BCUT2D eigenvalue weighted by molar-refractivity contribution is 0.110. The molecule has 3 rings (SSSR count). The van der Waals surface area contributed by atoms with Crippen LogP contribution >= 0.6 is 0 Å². The molecule has 0 aliphatic carbocycles. The van der Waals surface area contributed by atoms with Gasteiger partial charge in [0.1, 0.15) is 0 Å². The van der Waals surface area contributed by atoms with Gasteiger partial charge in [0.15, 0.2) is 9.84 Å². The molecule has 29 heavy (non-hydrogen) atoms. The second-order valence-corrected chi connectivity index (χ2v) is 8.95. The van der Waals surface area contributed by atoms with Crippen LogP contribution in [0.1, 0.15) is 12.8 Å². The monoisotopic (exact) mass is 421 g/mol. The van der Waals surface area contributed by atoms with E-state index in [9.17, 15) is 13.2 Å². The van der Waals surface area contributed by atoms with E-state index >= 15 is 0 Å². The predicted molar refractivity (Wildman–Crippen MR) is 104 cm³/mol. The molecular formula is C19H23N3O6S. The molecule has 1 saturated heterocycles. The van der Waals surface area contributed by atoms with Gasteiger partial charge in [-0.3, -0.25) is 0 Å². The maximum absolute atomic E-state index is 11.9. The number of amides is 1. The summed E-state index contributed by atoms with van der Waals surface area (Å²) < 4.78 is 29.5. The topological polar surface area (TPSA) is 130 Å². The lowest BCUT2D eigenvalue weighted by Gasteiger charge is -2.29. The molecule has 1 aliphatic heterocycles. The SMILES string of the molecule is O=C(O)N1CCC(COc2ncc(-c3ccc(S(=O)(=O)CCO)cc3)cn2)CC1. The first-order valence-electron chi connectivity index (χ1n) is 9.26. The Labute approximate surface area is 168 Å². The summed E-state index contributed by atoms with van der Waals surface area (Å²) in [7, 11) is -3.48. The fourth-order valence-corrected chi connectivity index (χ4v) is 4.14. The Bertz CT molecular complexity index is 923. The highest BCUT2D eigenvalue weighted by Gasteiger charge is 2.22. The number of sulfone groups is 1. The molecule has 156 valence electrons. The van der Waals surface area contributed by atoms with E-state index in [1.165, 1.54) is 17.0 Å². The third-order valence-corrected chi connectivity index (χ3v) is 6.58. The molecule has 10 heteroatoms. The number of hydrogen-bond donors (Lipinski definition) is 2. The minimum absolute atomic E-state index is 0.158. The first-order chi connectivity index (χ1) is 13.9. The van der Waals surface area contributed by atoms with E-state index in [1.807, 2.05) is 0 Å². The van der Waals surface area contributed by atoms with E-state index < -0.39 is 22.5 Å². The summed E-state index contributed by atoms with van der Waals surface area (Å²) in [6.45, 7) is 1.03.